The number of aromatic nitrogens is 2. The fourth-order valence-electron chi connectivity index (χ4n) is 1.62. The molecular formula is C15H24N4O3. The Hall–Kier alpha value is -2.31. The van der Waals surface area contributed by atoms with E-state index >= 15 is 0 Å². The Kier molecular flexibility index (Phi) is 6.62. The highest BCUT2D eigenvalue weighted by Crippen LogP contribution is 2.06. The summed E-state index contributed by atoms with van der Waals surface area (Å²) in [7, 11) is 1.91. The molecule has 2 amide bonds. The lowest BCUT2D eigenvalue weighted by atomic mass is 10.2. The van der Waals surface area contributed by atoms with Gasteiger partial charge in [0.1, 0.15) is 5.60 Å². The van der Waals surface area contributed by atoms with Crippen LogP contribution in [0.4, 0.5) is 4.79 Å². The summed E-state index contributed by atoms with van der Waals surface area (Å²) in [4.78, 5) is 26.9. The van der Waals surface area contributed by atoms with E-state index in [9.17, 15) is 9.59 Å². The number of hydrogen-bond acceptors (Lipinski definition) is 4. The molecule has 1 heterocycles. The number of hydrogen-bond donors (Lipinski definition) is 2. The number of carbonyl (C=O) groups is 2. The number of carbonyl (C=O) groups excluding carboxylic acids is 2. The second kappa shape index (κ2) is 8.21. The molecule has 0 unspecified atom stereocenters. The standard InChI is InChI=1S/C15H24N4O3/c1-15(2,3)22-14(21)18-8-5-6-13(20)17-9-7-12-10-16-11-19(12)4/h5-6,10-11H,7-9H2,1-4H3,(H,17,20)(H,18,21)/b6-5+. The maximum atomic E-state index is 11.6. The normalized spacial score (nSPS) is 11.5. The molecule has 0 aromatic carbocycles. The van der Waals surface area contributed by atoms with Gasteiger partial charge in [-0.3, -0.25) is 4.79 Å². The predicted molar refractivity (Wildman–Crippen MR) is 83.3 cm³/mol. The van der Waals surface area contributed by atoms with Crippen molar-refractivity contribution in [2.75, 3.05) is 13.1 Å². The zero-order chi connectivity index (χ0) is 16.6. The van der Waals surface area contributed by atoms with Crippen LogP contribution >= 0.6 is 0 Å². The number of imidazole rings is 1. The van der Waals surface area contributed by atoms with Crippen LogP contribution in [-0.4, -0.2) is 40.2 Å². The Morgan fingerprint density at radius 3 is 2.68 bits per heavy atom. The van der Waals surface area contributed by atoms with Gasteiger partial charge >= 0.3 is 6.09 Å². The van der Waals surface area contributed by atoms with Crippen LogP contribution in [0.2, 0.25) is 0 Å². The van der Waals surface area contributed by atoms with E-state index in [1.807, 2.05) is 11.6 Å². The molecule has 2 N–H and O–H groups in total. The summed E-state index contributed by atoms with van der Waals surface area (Å²) >= 11 is 0. The topological polar surface area (TPSA) is 85.3 Å². The van der Waals surface area contributed by atoms with Gasteiger partial charge in [-0.25, -0.2) is 9.78 Å². The van der Waals surface area contributed by atoms with E-state index in [0.717, 1.165) is 5.69 Å². The van der Waals surface area contributed by atoms with Crippen molar-refractivity contribution in [2.24, 2.45) is 7.05 Å². The summed E-state index contributed by atoms with van der Waals surface area (Å²) in [5.41, 5.74) is 0.521. The molecule has 0 saturated heterocycles. The predicted octanol–water partition coefficient (Wildman–Crippen LogP) is 1.16. The van der Waals surface area contributed by atoms with E-state index in [1.54, 1.807) is 39.4 Å². The van der Waals surface area contributed by atoms with Gasteiger partial charge in [0.15, 0.2) is 0 Å². The first-order valence-electron chi connectivity index (χ1n) is 7.14. The van der Waals surface area contributed by atoms with Crippen LogP contribution < -0.4 is 10.6 Å². The molecule has 1 rings (SSSR count). The SMILES string of the molecule is Cn1cncc1CCNC(=O)/C=C/CNC(=O)OC(C)(C)C. The molecule has 7 heteroatoms. The molecule has 7 nitrogen and oxygen atoms in total. The lowest BCUT2D eigenvalue weighted by Gasteiger charge is -2.19. The fraction of sp³-hybridized carbons (Fsp3) is 0.533. The van der Waals surface area contributed by atoms with Gasteiger partial charge in [0.25, 0.3) is 0 Å². The molecule has 0 aliphatic heterocycles. The van der Waals surface area contributed by atoms with Gasteiger partial charge in [-0.05, 0) is 20.8 Å². The van der Waals surface area contributed by atoms with Crippen LogP contribution in [0.15, 0.2) is 24.7 Å². The second-order valence-electron chi connectivity index (χ2n) is 5.82. The molecule has 0 aliphatic rings. The third-order valence-electron chi connectivity index (χ3n) is 2.63. The third kappa shape index (κ3) is 7.47. The Balaban J connectivity index is 2.17. The number of nitrogens with zero attached hydrogens (tertiary/aromatic N) is 2. The van der Waals surface area contributed by atoms with Crippen LogP contribution in [0.25, 0.3) is 0 Å². The zero-order valence-electron chi connectivity index (χ0n) is 13.5. The van der Waals surface area contributed by atoms with Crippen LogP contribution in [0, 0.1) is 0 Å². The van der Waals surface area contributed by atoms with Gasteiger partial charge in [0, 0.05) is 44.5 Å². The van der Waals surface area contributed by atoms with Crippen molar-refractivity contribution in [3.8, 4) is 0 Å². The van der Waals surface area contributed by atoms with Crippen molar-refractivity contribution in [3.05, 3.63) is 30.4 Å². The first-order valence-corrected chi connectivity index (χ1v) is 7.14. The third-order valence-corrected chi connectivity index (χ3v) is 2.63. The molecule has 1 aromatic rings. The number of nitrogens with one attached hydrogen (secondary N) is 2. The van der Waals surface area contributed by atoms with Crippen molar-refractivity contribution in [3.63, 3.8) is 0 Å². The van der Waals surface area contributed by atoms with E-state index in [1.165, 1.54) is 6.08 Å². The van der Waals surface area contributed by atoms with Crippen LogP contribution in [0.3, 0.4) is 0 Å². The first-order chi connectivity index (χ1) is 10.3. The van der Waals surface area contributed by atoms with Crippen molar-refractivity contribution in [1.29, 1.82) is 0 Å². The molecule has 0 atom stereocenters. The molecule has 0 bridgehead atoms. The summed E-state index contributed by atoms with van der Waals surface area (Å²) in [6, 6.07) is 0. The van der Waals surface area contributed by atoms with Gasteiger partial charge in [-0.2, -0.15) is 0 Å². The second-order valence-corrected chi connectivity index (χ2v) is 5.82. The quantitative estimate of drug-likeness (QED) is 0.772. The Labute approximate surface area is 130 Å². The van der Waals surface area contributed by atoms with Gasteiger partial charge in [-0.1, -0.05) is 6.08 Å². The Bertz CT molecular complexity index is 529. The highest BCUT2D eigenvalue weighted by atomic mass is 16.6. The van der Waals surface area contributed by atoms with Gasteiger partial charge < -0.3 is 19.9 Å². The Morgan fingerprint density at radius 2 is 2.09 bits per heavy atom. The van der Waals surface area contributed by atoms with Crippen molar-refractivity contribution >= 4 is 12.0 Å². The van der Waals surface area contributed by atoms with E-state index < -0.39 is 11.7 Å². The summed E-state index contributed by atoms with van der Waals surface area (Å²) in [5, 5.41) is 5.30. The zero-order valence-corrected chi connectivity index (χ0v) is 13.5. The van der Waals surface area contributed by atoms with Gasteiger partial charge in [-0.15, -0.1) is 0 Å². The van der Waals surface area contributed by atoms with E-state index in [2.05, 4.69) is 15.6 Å². The minimum Gasteiger partial charge on any atom is -0.444 e. The van der Waals surface area contributed by atoms with Gasteiger partial charge in [0.2, 0.25) is 5.91 Å². The number of aryl methyl sites for hydroxylation is 1. The highest BCUT2D eigenvalue weighted by Gasteiger charge is 2.14. The molecule has 22 heavy (non-hydrogen) atoms. The lowest BCUT2D eigenvalue weighted by molar-refractivity contribution is -0.116. The van der Waals surface area contributed by atoms with Crippen molar-refractivity contribution in [2.45, 2.75) is 32.8 Å². The monoisotopic (exact) mass is 308 g/mol. The molecule has 0 aliphatic carbocycles. The number of alkyl carbamates (subject to hydrolysis) is 1. The lowest BCUT2D eigenvalue weighted by Crippen LogP contribution is -2.32. The van der Waals surface area contributed by atoms with E-state index in [4.69, 9.17) is 4.74 Å². The summed E-state index contributed by atoms with van der Waals surface area (Å²) in [5.74, 6) is -0.201. The molecule has 0 saturated carbocycles. The highest BCUT2D eigenvalue weighted by molar-refractivity contribution is 5.87. The van der Waals surface area contributed by atoms with Gasteiger partial charge in [0.05, 0.1) is 6.33 Å². The van der Waals surface area contributed by atoms with E-state index in [0.29, 0.717) is 13.0 Å². The van der Waals surface area contributed by atoms with Crippen molar-refractivity contribution in [1.82, 2.24) is 20.2 Å². The molecule has 122 valence electrons. The summed E-state index contributed by atoms with van der Waals surface area (Å²) in [6.45, 7) is 6.14. The number of ether oxygens (including phenoxy) is 1. The average molecular weight is 308 g/mol. The molecular weight excluding hydrogens is 284 g/mol. The largest absolute Gasteiger partial charge is 0.444 e. The van der Waals surface area contributed by atoms with Crippen LogP contribution in [0.1, 0.15) is 26.5 Å². The Morgan fingerprint density at radius 1 is 1.36 bits per heavy atom. The van der Waals surface area contributed by atoms with Crippen molar-refractivity contribution < 1.29 is 14.3 Å². The minimum absolute atomic E-state index is 0.201. The molecule has 0 fully saturated rings. The number of amides is 2. The maximum absolute atomic E-state index is 11.6. The molecule has 0 radical (unpaired) electrons. The first kappa shape index (κ1) is 17.7. The average Bonchev–Trinajstić information content (AvgIpc) is 2.78. The fourth-order valence-corrected chi connectivity index (χ4v) is 1.62. The molecule has 0 spiro atoms. The van der Waals surface area contributed by atoms with Crippen LogP contribution in [0.5, 0.6) is 0 Å². The van der Waals surface area contributed by atoms with Crippen LogP contribution in [-0.2, 0) is 23.0 Å². The summed E-state index contributed by atoms with van der Waals surface area (Å²) < 4.78 is 6.98. The number of rotatable bonds is 6. The maximum Gasteiger partial charge on any atom is 0.407 e. The smallest absolute Gasteiger partial charge is 0.407 e. The van der Waals surface area contributed by atoms with E-state index in [-0.39, 0.29) is 12.5 Å². The molecule has 1 aromatic heterocycles. The summed E-state index contributed by atoms with van der Waals surface area (Å²) in [6.07, 6.45) is 6.66. The minimum atomic E-state index is -0.531.